The predicted octanol–water partition coefficient (Wildman–Crippen LogP) is 5.20. The molecule has 0 bridgehead atoms. The van der Waals surface area contributed by atoms with Crippen LogP contribution in [0.5, 0.6) is 0 Å². The third-order valence-corrected chi connectivity index (χ3v) is 4.38. The Labute approximate surface area is 161 Å². The lowest BCUT2D eigenvalue weighted by Gasteiger charge is -2.26. The number of unbranched alkanes of at least 4 members (excludes halogenated alkanes) is 3. The number of hydrogen-bond donors (Lipinski definition) is 0. The SMILES string of the molecule is CCCCCCOC(=O)[C@H](c1ccccc1)[C@H](OC(C)=O)c1ccccc1. The zero-order valence-electron chi connectivity index (χ0n) is 16.1. The van der Waals surface area contributed by atoms with Crippen LogP contribution in [0.2, 0.25) is 0 Å². The van der Waals surface area contributed by atoms with E-state index in [9.17, 15) is 9.59 Å². The smallest absolute Gasteiger partial charge is 0.317 e. The minimum Gasteiger partial charge on any atom is -0.465 e. The maximum absolute atomic E-state index is 13.0. The number of rotatable bonds is 10. The summed E-state index contributed by atoms with van der Waals surface area (Å²) in [5.74, 6) is -1.50. The van der Waals surface area contributed by atoms with Crippen LogP contribution in [0.1, 0.15) is 62.7 Å². The number of hydrogen-bond acceptors (Lipinski definition) is 4. The second-order valence-corrected chi connectivity index (χ2v) is 6.56. The van der Waals surface area contributed by atoms with Crippen molar-refractivity contribution in [3.8, 4) is 0 Å². The standard InChI is InChI=1S/C23H28O4/c1-3-4-5-12-17-26-23(25)21(19-13-8-6-9-14-19)22(27-18(2)24)20-15-10-7-11-16-20/h6-11,13-16,21-22H,3-5,12,17H2,1-2H3/t21-,22-/m1/s1. The molecular weight excluding hydrogens is 340 g/mol. The Morgan fingerprint density at radius 3 is 2.00 bits per heavy atom. The van der Waals surface area contributed by atoms with E-state index >= 15 is 0 Å². The van der Waals surface area contributed by atoms with Crippen molar-refractivity contribution >= 4 is 11.9 Å². The lowest BCUT2D eigenvalue weighted by molar-refractivity contribution is -0.156. The molecular formula is C23H28O4. The normalized spacial score (nSPS) is 12.8. The molecule has 144 valence electrons. The number of carbonyl (C=O) groups excluding carboxylic acids is 2. The van der Waals surface area contributed by atoms with E-state index in [4.69, 9.17) is 9.47 Å². The number of ether oxygens (including phenoxy) is 2. The van der Waals surface area contributed by atoms with Gasteiger partial charge in [0.1, 0.15) is 12.0 Å². The molecule has 0 spiro atoms. The number of esters is 2. The van der Waals surface area contributed by atoms with E-state index in [0.29, 0.717) is 6.61 Å². The lowest BCUT2D eigenvalue weighted by Crippen LogP contribution is -2.26. The second kappa shape index (κ2) is 11.2. The fourth-order valence-corrected chi connectivity index (χ4v) is 3.04. The number of benzene rings is 2. The first kappa shape index (κ1) is 20.7. The molecule has 0 aliphatic rings. The average molecular weight is 368 g/mol. The highest BCUT2D eigenvalue weighted by molar-refractivity contribution is 5.80. The van der Waals surface area contributed by atoms with E-state index < -0.39 is 18.0 Å². The third-order valence-electron chi connectivity index (χ3n) is 4.38. The van der Waals surface area contributed by atoms with E-state index in [2.05, 4.69) is 6.92 Å². The third kappa shape index (κ3) is 6.55. The van der Waals surface area contributed by atoms with Crippen LogP contribution >= 0.6 is 0 Å². The fraction of sp³-hybridized carbons (Fsp3) is 0.391. The Bertz CT molecular complexity index is 697. The summed E-state index contributed by atoms with van der Waals surface area (Å²) in [6.07, 6.45) is 3.40. The summed E-state index contributed by atoms with van der Waals surface area (Å²) in [7, 11) is 0. The molecule has 2 rings (SSSR count). The van der Waals surface area contributed by atoms with Crippen molar-refractivity contribution in [3.63, 3.8) is 0 Å². The molecule has 4 nitrogen and oxygen atoms in total. The van der Waals surface area contributed by atoms with Gasteiger partial charge in [-0.3, -0.25) is 9.59 Å². The van der Waals surface area contributed by atoms with Gasteiger partial charge in [-0.05, 0) is 17.5 Å². The van der Waals surface area contributed by atoms with E-state index in [1.807, 2.05) is 60.7 Å². The molecule has 27 heavy (non-hydrogen) atoms. The highest BCUT2D eigenvalue weighted by atomic mass is 16.6. The van der Waals surface area contributed by atoms with Crippen LogP contribution in [0, 0.1) is 0 Å². The quantitative estimate of drug-likeness (QED) is 0.427. The number of carbonyl (C=O) groups is 2. The van der Waals surface area contributed by atoms with Gasteiger partial charge in [0.05, 0.1) is 6.61 Å². The monoisotopic (exact) mass is 368 g/mol. The highest BCUT2D eigenvalue weighted by Gasteiger charge is 2.34. The maximum Gasteiger partial charge on any atom is 0.317 e. The average Bonchev–Trinajstić information content (AvgIpc) is 2.68. The van der Waals surface area contributed by atoms with Crippen LogP contribution < -0.4 is 0 Å². The van der Waals surface area contributed by atoms with Gasteiger partial charge >= 0.3 is 11.9 Å². The topological polar surface area (TPSA) is 52.6 Å². The minimum absolute atomic E-state index is 0.368. The molecule has 0 aliphatic heterocycles. The molecule has 4 heteroatoms. The highest BCUT2D eigenvalue weighted by Crippen LogP contribution is 2.35. The Morgan fingerprint density at radius 1 is 0.852 bits per heavy atom. The van der Waals surface area contributed by atoms with Gasteiger partial charge in [0, 0.05) is 6.92 Å². The summed E-state index contributed by atoms with van der Waals surface area (Å²) >= 11 is 0. The second-order valence-electron chi connectivity index (χ2n) is 6.56. The molecule has 0 saturated carbocycles. The van der Waals surface area contributed by atoms with E-state index in [0.717, 1.165) is 36.8 Å². The van der Waals surface area contributed by atoms with Gasteiger partial charge in [-0.25, -0.2) is 0 Å². The zero-order chi connectivity index (χ0) is 19.5. The van der Waals surface area contributed by atoms with Crippen molar-refractivity contribution in [2.75, 3.05) is 6.61 Å². The van der Waals surface area contributed by atoms with Crippen LogP contribution in [-0.2, 0) is 19.1 Å². The van der Waals surface area contributed by atoms with Gasteiger partial charge in [-0.15, -0.1) is 0 Å². The summed E-state index contributed by atoms with van der Waals surface area (Å²) in [6, 6.07) is 18.7. The molecule has 0 aliphatic carbocycles. The fourth-order valence-electron chi connectivity index (χ4n) is 3.04. The van der Waals surface area contributed by atoms with Crippen molar-refractivity contribution in [3.05, 3.63) is 71.8 Å². The molecule has 0 heterocycles. The molecule has 0 unspecified atom stereocenters. The van der Waals surface area contributed by atoms with Gasteiger partial charge in [0.2, 0.25) is 0 Å². The molecule has 2 atom stereocenters. The largest absolute Gasteiger partial charge is 0.465 e. The molecule has 0 radical (unpaired) electrons. The van der Waals surface area contributed by atoms with Gasteiger partial charge in [-0.1, -0.05) is 86.8 Å². The Balaban J connectivity index is 2.26. The first-order chi connectivity index (χ1) is 13.1. The van der Waals surface area contributed by atoms with E-state index in [1.54, 1.807) is 0 Å². The summed E-state index contributed by atoms with van der Waals surface area (Å²) in [5, 5.41) is 0. The molecule has 2 aromatic carbocycles. The Morgan fingerprint density at radius 2 is 1.44 bits per heavy atom. The molecule has 0 amide bonds. The van der Waals surface area contributed by atoms with E-state index in [-0.39, 0.29) is 5.97 Å². The summed E-state index contributed by atoms with van der Waals surface area (Å²) < 4.78 is 11.1. The van der Waals surface area contributed by atoms with Crippen molar-refractivity contribution in [2.45, 2.75) is 51.6 Å². The van der Waals surface area contributed by atoms with Crippen LogP contribution in [0.25, 0.3) is 0 Å². The molecule has 0 fully saturated rings. The van der Waals surface area contributed by atoms with Crippen molar-refractivity contribution in [1.82, 2.24) is 0 Å². The predicted molar refractivity (Wildman–Crippen MR) is 105 cm³/mol. The Kier molecular flexibility index (Phi) is 8.56. The van der Waals surface area contributed by atoms with Crippen molar-refractivity contribution in [2.24, 2.45) is 0 Å². The van der Waals surface area contributed by atoms with E-state index in [1.165, 1.54) is 6.92 Å². The van der Waals surface area contributed by atoms with Crippen molar-refractivity contribution < 1.29 is 19.1 Å². The minimum atomic E-state index is -0.728. The maximum atomic E-state index is 13.0. The van der Waals surface area contributed by atoms with Crippen molar-refractivity contribution in [1.29, 1.82) is 0 Å². The summed E-state index contributed by atoms with van der Waals surface area (Å²) in [6.45, 7) is 3.87. The van der Waals surface area contributed by atoms with Gasteiger partial charge in [0.15, 0.2) is 0 Å². The van der Waals surface area contributed by atoms with Gasteiger partial charge < -0.3 is 9.47 Å². The molecule has 0 N–H and O–H groups in total. The summed E-state index contributed by atoms with van der Waals surface area (Å²) in [4.78, 5) is 24.7. The van der Waals surface area contributed by atoms with Gasteiger partial charge in [-0.2, -0.15) is 0 Å². The Hall–Kier alpha value is -2.62. The zero-order valence-corrected chi connectivity index (χ0v) is 16.1. The van der Waals surface area contributed by atoms with Gasteiger partial charge in [0.25, 0.3) is 0 Å². The van der Waals surface area contributed by atoms with Crippen LogP contribution in [0.3, 0.4) is 0 Å². The van der Waals surface area contributed by atoms with Crippen LogP contribution in [0.15, 0.2) is 60.7 Å². The molecule has 0 saturated heterocycles. The van der Waals surface area contributed by atoms with Crippen LogP contribution in [0.4, 0.5) is 0 Å². The molecule has 2 aromatic rings. The molecule has 0 aromatic heterocycles. The first-order valence-electron chi connectivity index (χ1n) is 9.57. The van der Waals surface area contributed by atoms with Crippen LogP contribution in [-0.4, -0.2) is 18.5 Å². The lowest BCUT2D eigenvalue weighted by atomic mass is 9.89. The summed E-state index contributed by atoms with van der Waals surface area (Å²) in [5.41, 5.74) is 1.54. The first-order valence-corrected chi connectivity index (χ1v) is 9.57.